The molecule has 0 amide bonds. The van der Waals surface area contributed by atoms with E-state index in [0.29, 0.717) is 0 Å². The fraction of sp³-hybridized carbons (Fsp3) is 1.00. The molecule has 44 valence electrons. The van der Waals surface area contributed by atoms with E-state index in [2.05, 4.69) is 0 Å². The van der Waals surface area contributed by atoms with E-state index in [1.807, 2.05) is 13.8 Å². The lowest BCUT2D eigenvalue weighted by Gasteiger charge is -2.11. The van der Waals surface area contributed by atoms with Crippen molar-refractivity contribution in [3.63, 3.8) is 0 Å². The number of hydrogen-bond acceptors (Lipinski definition) is 2. The molecule has 0 aliphatic carbocycles. The van der Waals surface area contributed by atoms with Crippen molar-refractivity contribution in [3.05, 3.63) is 0 Å². The van der Waals surface area contributed by atoms with E-state index in [0.717, 1.165) is 6.42 Å². The predicted molar refractivity (Wildman–Crippen MR) is 31.9 cm³/mol. The molecule has 4 N–H and O–H groups in total. The van der Waals surface area contributed by atoms with Gasteiger partial charge in [0.1, 0.15) is 0 Å². The topological polar surface area (TPSA) is 52.0 Å². The largest absolute Gasteiger partial charge is 0.327 e. The normalized spacial score (nSPS) is 18.9. The van der Waals surface area contributed by atoms with Gasteiger partial charge < -0.3 is 11.5 Å². The molecule has 0 radical (unpaired) electrons. The van der Waals surface area contributed by atoms with Gasteiger partial charge in [-0.15, -0.1) is 0 Å². The summed E-state index contributed by atoms with van der Waals surface area (Å²) in [5, 5.41) is 0. The summed E-state index contributed by atoms with van der Waals surface area (Å²) in [5.74, 6) is 0. The van der Waals surface area contributed by atoms with Gasteiger partial charge in [-0.3, -0.25) is 0 Å². The van der Waals surface area contributed by atoms with Crippen molar-refractivity contribution in [2.24, 2.45) is 11.5 Å². The Morgan fingerprint density at radius 3 is 1.86 bits per heavy atom. The molecule has 0 spiro atoms. The molecule has 0 saturated carbocycles. The summed E-state index contributed by atoms with van der Waals surface area (Å²) in [6, 6.07) is 0.324. The minimum absolute atomic E-state index is 0.144. The van der Waals surface area contributed by atoms with E-state index in [9.17, 15) is 0 Å². The zero-order valence-corrected chi connectivity index (χ0v) is 5.02. The molecule has 0 aromatic heterocycles. The van der Waals surface area contributed by atoms with Crippen LogP contribution in [0, 0.1) is 0 Å². The van der Waals surface area contributed by atoms with Gasteiger partial charge in [0.2, 0.25) is 0 Å². The van der Waals surface area contributed by atoms with E-state index in [1.165, 1.54) is 0 Å². The van der Waals surface area contributed by atoms with E-state index in [4.69, 9.17) is 11.5 Å². The quantitative estimate of drug-likeness (QED) is 0.518. The first-order chi connectivity index (χ1) is 3.18. The van der Waals surface area contributed by atoms with Gasteiger partial charge in [-0.05, 0) is 13.3 Å². The minimum Gasteiger partial charge on any atom is -0.327 e. The highest BCUT2D eigenvalue weighted by Gasteiger charge is 2.01. The molecule has 0 aliphatic rings. The molecule has 0 aromatic rings. The summed E-state index contributed by atoms with van der Waals surface area (Å²) in [6.07, 6.45) is 0.970. The zero-order chi connectivity index (χ0) is 5.86. The van der Waals surface area contributed by atoms with Crippen LogP contribution in [0.2, 0.25) is 0 Å². The Hall–Kier alpha value is -0.0800. The van der Waals surface area contributed by atoms with Crippen LogP contribution in [0.1, 0.15) is 20.3 Å². The number of nitrogens with two attached hydrogens (primary N) is 2. The van der Waals surface area contributed by atoms with Gasteiger partial charge in [-0.25, -0.2) is 0 Å². The Morgan fingerprint density at radius 1 is 1.43 bits per heavy atom. The van der Waals surface area contributed by atoms with Crippen molar-refractivity contribution >= 4 is 0 Å². The summed E-state index contributed by atoms with van der Waals surface area (Å²) in [6.45, 7) is 3.96. The van der Waals surface area contributed by atoms with Crippen LogP contribution in [0.4, 0.5) is 0 Å². The van der Waals surface area contributed by atoms with Gasteiger partial charge in [-0.1, -0.05) is 6.92 Å². The van der Waals surface area contributed by atoms with E-state index in [-0.39, 0.29) is 12.1 Å². The van der Waals surface area contributed by atoms with Crippen molar-refractivity contribution in [1.29, 1.82) is 0 Å². The van der Waals surface area contributed by atoms with Gasteiger partial charge >= 0.3 is 0 Å². The molecule has 0 rings (SSSR count). The maximum atomic E-state index is 5.49. The van der Waals surface area contributed by atoms with E-state index >= 15 is 0 Å². The molecule has 0 heterocycles. The van der Waals surface area contributed by atoms with Crippen molar-refractivity contribution in [3.8, 4) is 0 Å². The van der Waals surface area contributed by atoms with Crippen molar-refractivity contribution in [1.82, 2.24) is 0 Å². The summed E-state index contributed by atoms with van der Waals surface area (Å²) in [5.41, 5.74) is 10.9. The first-order valence-corrected chi connectivity index (χ1v) is 2.69. The minimum atomic E-state index is 0.144. The molecular formula is C5H14N2. The van der Waals surface area contributed by atoms with Crippen molar-refractivity contribution in [2.75, 3.05) is 0 Å². The first-order valence-electron chi connectivity index (χ1n) is 2.69. The summed E-state index contributed by atoms with van der Waals surface area (Å²) in [4.78, 5) is 0. The molecule has 0 bridgehead atoms. The number of hydrogen-bond donors (Lipinski definition) is 2. The highest BCUT2D eigenvalue weighted by atomic mass is 14.8. The Morgan fingerprint density at radius 2 is 1.86 bits per heavy atom. The third kappa shape index (κ3) is 2.60. The van der Waals surface area contributed by atoms with Crippen LogP contribution in [0.25, 0.3) is 0 Å². The second-order valence-corrected chi connectivity index (χ2v) is 1.93. The van der Waals surface area contributed by atoms with Crippen LogP contribution in [0.3, 0.4) is 0 Å². The summed E-state index contributed by atoms with van der Waals surface area (Å²) < 4.78 is 0. The SMILES string of the molecule is CCC(N)[C@H](C)N. The molecule has 7 heavy (non-hydrogen) atoms. The van der Waals surface area contributed by atoms with Crippen LogP contribution in [-0.4, -0.2) is 12.1 Å². The predicted octanol–water partition coefficient (Wildman–Crippen LogP) is 0.0709. The third-order valence-electron chi connectivity index (χ3n) is 1.15. The number of rotatable bonds is 2. The molecule has 0 fully saturated rings. The fourth-order valence-corrected chi connectivity index (χ4v) is 0.372. The molecule has 2 nitrogen and oxygen atoms in total. The molecule has 1 unspecified atom stereocenters. The third-order valence-corrected chi connectivity index (χ3v) is 1.15. The second-order valence-electron chi connectivity index (χ2n) is 1.93. The first kappa shape index (κ1) is 6.92. The van der Waals surface area contributed by atoms with Crippen LogP contribution in [0.15, 0.2) is 0 Å². The van der Waals surface area contributed by atoms with Crippen LogP contribution < -0.4 is 11.5 Å². The fourth-order valence-electron chi connectivity index (χ4n) is 0.372. The van der Waals surface area contributed by atoms with Gasteiger partial charge in [0.15, 0.2) is 0 Å². The van der Waals surface area contributed by atoms with Crippen LogP contribution >= 0.6 is 0 Å². The molecule has 0 aliphatic heterocycles. The second kappa shape index (κ2) is 2.99. The highest BCUT2D eigenvalue weighted by Crippen LogP contribution is 1.88. The Bertz CT molecular complexity index is 43.3. The zero-order valence-electron chi connectivity index (χ0n) is 5.02. The average molecular weight is 102 g/mol. The monoisotopic (exact) mass is 102 g/mol. The molecular weight excluding hydrogens is 88.1 g/mol. The van der Waals surface area contributed by atoms with Gasteiger partial charge in [0.05, 0.1) is 0 Å². The highest BCUT2D eigenvalue weighted by molar-refractivity contribution is 4.67. The van der Waals surface area contributed by atoms with Crippen LogP contribution in [-0.2, 0) is 0 Å². The molecule has 0 aromatic carbocycles. The summed E-state index contributed by atoms with van der Waals surface area (Å²) >= 11 is 0. The maximum Gasteiger partial charge on any atom is 0.0186 e. The van der Waals surface area contributed by atoms with Crippen molar-refractivity contribution in [2.45, 2.75) is 32.4 Å². The average Bonchev–Trinajstić information content (AvgIpc) is 1.65. The van der Waals surface area contributed by atoms with Gasteiger partial charge in [0, 0.05) is 12.1 Å². The lowest BCUT2D eigenvalue weighted by Crippen LogP contribution is -2.38. The van der Waals surface area contributed by atoms with Gasteiger partial charge in [0.25, 0.3) is 0 Å². The van der Waals surface area contributed by atoms with E-state index < -0.39 is 0 Å². The van der Waals surface area contributed by atoms with Gasteiger partial charge in [-0.2, -0.15) is 0 Å². The lowest BCUT2D eigenvalue weighted by atomic mass is 10.1. The molecule has 2 heteroatoms. The molecule has 2 atom stereocenters. The van der Waals surface area contributed by atoms with Crippen LogP contribution in [0.5, 0.6) is 0 Å². The molecule has 0 saturated heterocycles. The summed E-state index contributed by atoms with van der Waals surface area (Å²) in [7, 11) is 0. The Labute approximate surface area is 44.9 Å². The standard InChI is InChI=1S/C5H14N2/c1-3-5(7)4(2)6/h4-5H,3,6-7H2,1-2H3/t4-,5?/m0/s1. The lowest BCUT2D eigenvalue weighted by molar-refractivity contribution is 0.545. The smallest absolute Gasteiger partial charge is 0.0186 e. The maximum absolute atomic E-state index is 5.49. The van der Waals surface area contributed by atoms with E-state index in [1.54, 1.807) is 0 Å². The van der Waals surface area contributed by atoms with Crippen molar-refractivity contribution < 1.29 is 0 Å². The Kier molecular flexibility index (Phi) is 2.96. The Balaban J connectivity index is 3.14.